The van der Waals surface area contributed by atoms with Crippen molar-refractivity contribution in [2.45, 2.75) is 20.3 Å². The first-order valence-electron chi connectivity index (χ1n) is 6.03. The summed E-state index contributed by atoms with van der Waals surface area (Å²) in [5, 5.41) is 5.08. The minimum Gasteiger partial charge on any atom is -0.466 e. The molecule has 2 rings (SSSR count). The van der Waals surface area contributed by atoms with E-state index < -0.39 is 0 Å². The number of aromatic amines is 1. The lowest BCUT2D eigenvalue weighted by Crippen LogP contribution is -2.06. The van der Waals surface area contributed by atoms with Gasteiger partial charge >= 0.3 is 5.97 Å². The number of carbonyl (C=O) groups is 1. The summed E-state index contributed by atoms with van der Waals surface area (Å²) in [6, 6.07) is 3.87. The van der Waals surface area contributed by atoms with E-state index in [1.54, 1.807) is 18.3 Å². The predicted molar refractivity (Wildman–Crippen MR) is 82.4 cm³/mol. The number of hydrogen-bond donors (Lipinski definition) is 1. The smallest absolute Gasteiger partial charge is 0.302 e. The van der Waals surface area contributed by atoms with Crippen LogP contribution < -0.4 is 5.56 Å². The number of carbonyl (C=O) groups excluding carboxylic acids is 1. The summed E-state index contributed by atoms with van der Waals surface area (Å²) in [6.45, 7) is 3.65. The van der Waals surface area contributed by atoms with E-state index >= 15 is 0 Å². The van der Waals surface area contributed by atoms with Gasteiger partial charge in [0.25, 0.3) is 5.56 Å². The molecule has 2 aromatic rings. The Morgan fingerprint density at radius 1 is 1.55 bits per heavy atom. The van der Waals surface area contributed by atoms with Crippen molar-refractivity contribution in [1.82, 2.24) is 5.16 Å². The third-order valence-corrected chi connectivity index (χ3v) is 3.50. The van der Waals surface area contributed by atoms with Crippen LogP contribution in [0.3, 0.4) is 0 Å². The molecule has 0 atom stereocenters. The first kappa shape index (κ1) is 16.7. The normalized spacial score (nSPS) is 9.75. The van der Waals surface area contributed by atoms with Gasteiger partial charge in [-0.05, 0) is 24.8 Å². The molecule has 5 nitrogen and oxygen atoms in total. The van der Waals surface area contributed by atoms with Crippen molar-refractivity contribution in [3.05, 3.63) is 33.4 Å². The second-order valence-corrected chi connectivity index (χ2v) is 5.42. The Balaban J connectivity index is 0.000000286. The molecule has 0 saturated carbocycles. The molecule has 0 saturated heterocycles. The fourth-order valence-electron chi connectivity index (χ4n) is 1.46. The fraction of sp³-hybridized carbons (Fsp3) is 0.385. The molecule has 1 N–H and O–H groups in total. The van der Waals surface area contributed by atoms with E-state index in [-0.39, 0.29) is 11.5 Å². The van der Waals surface area contributed by atoms with E-state index in [4.69, 9.17) is 4.52 Å². The lowest BCUT2D eigenvalue weighted by Gasteiger charge is -1.93. The van der Waals surface area contributed by atoms with Gasteiger partial charge in [0.1, 0.15) is 0 Å². The van der Waals surface area contributed by atoms with Crippen LogP contribution in [0.1, 0.15) is 19.4 Å². The number of thiophene rings is 1. The second-order valence-electron chi connectivity index (χ2n) is 3.68. The first-order valence-corrected chi connectivity index (χ1v) is 8.03. The Kier molecular flexibility index (Phi) is 7.32. The second kappa shape index (κ2) is 8.76. The number of esters is 1. The topological polar surface area (TPSA) is 72.3 Å². The van der Waals surface area contributed by atoms with Gasteiger partial charge in [0, 0.05) is 12.3 Å². The molecule has 0 spiro atoms. The quantitative estimate of drug-likeness (QED) is 0.670. The molecule has 0 amide bonds. The van der Waals surface area contributed by atoms with Crippen LogP contribution in [0.2, 0.25) is 0 Å². The van der Waals surface area contributed by atoms with E-state index in [2.05, 4.69) is 25.8 Å². The Labute approximate surface area is 129 Å². The first-order chi connectivity index (χ1) is 9.60. The lowest BCUT2D eigenvalue weighted by molar-refractivity contribution is -0.140. The summed E-state index contributed by atoms with van der Waals surface area (Å²) < 4.78 is 9.55. The van der Waals surface area contributed by atoms with Gasteiger partial charge in [-0.3, -0.25) is 9.59 Å². The Morgan fingerprint density at radius 2 is 2.30 bits per heavy atom. The largest absolute Gasteiger partial charge is 0.466 e. The molecule has 0 aliphatic carbocycles. The number of rotatable bonds is 4. The van der Waals surface area contributed by atoms with Crippen LogP contribution >= 0.6 is 27.3 Å². The van der Waals surface area contributed by atoms with Crippen molar-refractivity contribution in [3.8, 4) is 10.6 Å². The highest BCUT2D eigenvalue weighted by atomic mass is 79.9. The van der Waals surface area contributed by atoms with Crippen molar-refractivity contribution in [2.24, 2.45) is 0 Å². The zero-order chi connectivity index (χ0) is 15.0. The number of nitrogens with one attached hydrogen (secondary N) is 1. The van der Waals surface area contributed by atoms with Crippen LogP contribution in [0, 0.1) is 0 Å². The van der Waals surface area contributed by atoms with Gasteiger partial charge in [-0.15, -0.1) is 11.3 Å². The zero-order valence-corrected chi connectivity index (χ0v) is 13.7. The summed E-state index contributed by atoms with van der Waals surface area (Å²) in [5.74, 6) is 0.460. The van der Waals surface area contributed by atoms with Gasteiger partial charge in [-0.2, -0.15) is 5.16 Å². The molecule has 110 valence electrons. The fourth-order valence-corrected chi connectivity index (χ4v) is 2.58. The molecule has 0 aromatic carbocycles. The van der Waals surface area contributed by atoms with Crippen molar-refractivity contribution >= 4 is 33.2 Å². The number of alkyl halides is 1. The number of H-pyrrole nitrogens is 1. The van der Waals surface area contributed by atoms with Crippen LogP contribution in [0.25, 0.3) is 10.6 Å². The maximum absolute atomic E-state index is 11.4. The van der Waals surface area contributed by atoms with Crippen LogP contribution in [0.5, 0.6) is 0 Å². The van der Waals surface area contributed by atoms with Gasteiger partial charge in [-0.1, -0.05) is 22.0 Å². The van der Waals surface area contributed by atoms with Gasteiger partial charge < -0.3 is 9.26 Å². The Bertz CT molecular complexity index is 573. The maximum atomic E-state index is 11.4. The number of ether oxygens (including phenoxy) is 1. The lowest BCUT2D eigenvalue weighted by atomic mass is 10.2. The summed E-state index contributed by atoms with van der Waals surface area (Å²) in [4.78, 5) is 22.2. The van der Waals surface area contributed by atoms with Crippen LogP contribution in [-0.4, -0.2) is 23.1 Å². The van der Waals surface area contributed by atoms with Gasteiger partial charge in [0.15, 0.2) is 5.76 Å². The standard InChI is InChI=1S/C9H8BrNO2S.C4H8O2/c10-4-3-6-8(13-11-9(6)12)7-2-1-5-14-7;1-3-6-4(2)5/h1-2,5H,3-4H2,(H,11,12);3H2,1-2H3. The highest BCUT2D eigenvalue weighted by molar-refractivity contribution is 9.09. The Morgan fingerprint density at radius 3 is 2.75 bits per heavy atom. The van der Waals surface area contributed by atoms with E-state index in [0.717, 1.165) is 10.2 Å². The van der Waals surface area contributed by atoms with Gasteiger partial charge in [0.05, 0.1) is 17.0 Å². The minimum absolute atomic E-state index is 0.132. The molecule has 7 heteroatoms. The average Bonchev–Trinajstić information content (AvgIpc) is 3.01. The SMILES string of the molecule is CCOC(C)=O.O=c1[nH]oc(-c2cccs2)c1CCBr. The van der Waals surface area contributed by atoms with E-state index in [1.165, 1.54) is 6.92 Å². The summed E-state index contributed by atoms with van der Waals surface area (Å²) >= 11 is 4.87. The Hall–Kier alpha value is -1.34. The molecule has 0 fully saturated rings. The van der Waals surface area contributed by atoms with Gasteiger partial charge in [-0.25, -0.2) is 0 Å². The minimum atomic E-state index is -0.211. The molecule has 0 radical (unpaired) electrons. The highest BCUT2D eigenvalue weighted by Gasteiger charge is 2.14. The summed E-state index contributed by atoms with van der Waals surface area (Å²) in [7, 11) is 0. The van der Waals surface area contributed by atoms with E-state index in [1.807, 2.05) is 17.5 Å². The van der Waals surface area contributed by atoms with Crippen molar-refractivity contribution in [1.29, 1.82) is 0 Å². The number of halogens is 1. The summed E-state index contributed by atoms with van der Waals surface area (Å²) in [6.07, 6.45) is 0.680. The monoisotopic (exact) mass is 361 g/mol. The molecule has 0 aliphatic heterocycles. The molecule has 20 heavy (non-hydrogen) atoms. The summed E-state index contributed by atoms with van der Waals surface area (Å²) in [5.41, 5.74) is 0.581. The average molecular weight is 362 g/mol. The van der Waals surface area contributed by atoms with Crippen molar-refractivity contribution in [3.63, 3.8) is 0 Å². The molecule has 2 aromatic heterocycles. The maximum Gasteiger partial charge on any atom is 0.302 e. The van der Waals surface area contributed by atoms with Crippen LogP contribution in [0.4, 0.5) is 0 Å². The van der Waals surface area contributed by atoms with Crippen LogP contribution in [0.15, 0.2) is 26.8 Å². The van der Waals surface area contributed by atoms with Gasteiger partial charge in [0.2, 0.25) is 0 Å². The molecular weight excluding hydrogens is 346 g/mol. The number of hydrogen-bond acceptors (Lipinski definition) is 5. The molecule has 2 heterocycles. The van der Waals surface area contributed by atoms with Crippen molar-refractivity contribution in [2.75, 3.05) is 11.9 Å². The van der Waals surface area contributed by atoms with E-state index in [0.29, 0.717) is 24.4 Å². The molecule has 0 bridgehead atoms. The highest BCUT2D eigenvalue weighted by Crippen LogP contribution is 2.26. The molecule has 0 aliphatic rings. The van der Waals surface area contributed by atoms with E-state index in [9.17, 15) is 9.59 Å². The predicted octanol–water partition coefficient (Wildman–Crippen LogP) is 3.20. The third kappa shape index (κ3) is 4.97. The molecular formula is C13H16BrNO4S. The van der Waals surface area contributed by atoms with Crippen LogP contribution in [-0.2, 0) is 16.0 Å². The zero-order valence-electron chi connectivity index (χ0n) is 11.3. The van der Waals surface area contributed by atoms with Crippen molar-refractivity contribution < 1.29 is 14.1 Å². The number of aromatic nitrogens is 1. The third-order valence-electron chi connectivity index (χ3n) is 2.23. The molecule has 0 unspecified atom stereocenters.